The number of rotatable bonds is 10. The van der Waals surface area contributed by atoms with E-state index >= 15 is 0 Å². The van der Waals surface area contributed by atoms with Crippen molar-refractivity contribution in [3.63, 3.8) is 0 Å². The van der Waals surface area contributed by atoms with Gasteiger partial charge in [0.05, 0.1) is 23.4 Å². The minimum atomic E-state index is -3.36. The summed E-state index contributed by atoms with van der Waals surface area (Å²) in [5.41, 5.74) is 0.435. The Morgan fingerprint density at radius 2 is 2.00 bits per heavy atom. The molecule has 14 heteroatoms. The summed E-state index contributed by atoms with van der Waals surface area (Å²) in [6.07, 6.45) is 3.44. The van der Waals surface area contributed by atoms with Crippen LogP contribution in [0, 0.1) is 0 Å². The first-order valence-corrected chi connectivity index (χ1v) is 15.7. The van der Waals surface area contributed by atoms with Crippen molar-refractivity contribution < 1.29 is 32.7 Å². The molecule has 2 saturated heterocycles. The van der Waals surface area contributed by atoms with Gasteiger partial charge in [-0.3, -0.25) is 19.8 Å². The van der Waals surface area contributed by atoms with Crippen LogP contribution in [0.1, 0.15) is 36.6 Å². The van der Waals surface area contributed by atoms with Crippen molar-refractivity contribution in [3.8, 4) is 0 Å². The molecule has 2 aromatic rings. The Bertz CT molecular complexity index is 1350. The fourth-order valence-electron chi connectivity index (χ4n) is 4.77. The minimum Gasteiger partial charge on any atom is -0.389 e. The lowest BCUT2D eigenvalue weighted by molar-refractivity contribution is -0.138. The number of nitrogens with zero attached hydrogens (tertiary/aromatic N) is 4. The average molecular weight is 592 g/mol. The number of nitrogens with one attached hydrogen (secondary N) is 1. The Morgan fingerprint density at radius 1 is 1.23 bits per heavy atom. The van der Waals surface area contributed by atoms with Crippen LogP contribution in [0.4, 0.5) is 5.13 Å². The van der Waals surface area contributed by atoms with Crippen LogP contribution in [-0.2, 0) is 35.5 Å². The molecule has 12 nitrogen and oxygen atoms in total. The highest BCUT2D eigenvalue weighted by Crippen LogP contribution is 2.33. The number of ether oxygens (including phenoxy) is 1. The van der Waals surface area contributed by atoms with E-state index in [1.165, 1.54) is 23.5 Å². The number of aromatic nitrogens is 1. The molecule has 5 rings (SSSR count). The summed E-state index contributed by atoms with van der Waals surface area (Å²) >= 11 is 1.34. The Hall–Kier alpha value is -2.91. The molecule has 216 valence electrons. The van der Waals surface area contributed by atoms with E-state index in [0.717, 1.165) is 4.88 Å². The number of benzene rings is 1. The second kappa shape index (κ2) is 12.3. The van der Waals surface area contributed by atoms with Gasteiger partial charge in [0.2, 0.25) is 5.91 Å². The lowest BCUT2D eigenvalue weighted by atomic mass is 10.1. The molecule has 1 aliphatic carbocycles. The fourth-order valence-corrected chi connectivity index (χ4v) is 7.28. The van der Waals surface area contributed by atoms with Gasteiger partial charge in [-0.1, -0.05) is 17.3 Å². The molecule has 0 spiro atoms. The van der Waals surface area contributed by atoms with Crippen molar-refractivity contribution in [2.45, 2.75) is 55.0 Å². The zero-order chi connectivity index (χ0) is 28.3. The highest BCUT2D eigenvalue weighted by atomic mass is 32.2. The zero-order valence-electron chi connectivity index (χ0n) is 22.2. The third kappa shape index (κ3) is 6.69. The number of sulfone groups is 1. The summed E-state index contributed by atoms with van der Waals surface area (Å²) in [5, 5.41) is 16.2. The smallest absolute Gasteiger partial charge is 0.280 e. The van der Waals surface area contributed by atoms with Crippen LogP contribution in [0.5, 0.6) is 0 Å². The van der Waals surface area contributed by atoms with Gasteiger partial charge < -0.3 is 19.6 Å². The van der Waals surface area contributed by atoms with Crippen molar-refractivity contribution in [2.24, 2.45) is 5.16 Å². The number of oxime groups is 1. The van der Waals surface area contributed by atoms with Crippen molar-refractivity contribution in [2.75, 3.05) is 44.8 Å². The Labute approximate surface area is 236 Å². The van der Waals surface area contributed by atoms with E-state index < -0.39 is 22.4 Å². The average Bonchev–Trinajstić information content (AvgIpc) is 3.53. The molecule has 2 amide bonds. The maximum absolute atomic E-state index is 13.3. The summed E-state index contributed by atoms with van der Waals surface area (Å²) in [5.74, 6) is -0.793. The molecule has 2 N–H and O–H groups in total. The first kappa shape index (κ1) is 28.6. The Morgan fingerprint density at radius 3 is 2.65 bits per heavy atom. The maximum Gasteiger partial charge on any atom is 0.280 e. The number of carbonyl (C=O) groups excluding carboxylic acids is 2. The van der Waals surface area contributed by atoms with Gasteiger partial charge in [-0.05, 0) is 31.9 Å². The van der Waals surface area contributed by atoms with Gasteiger partial charge in [-0.15, -0.1) is 11.3 Å². The molecule has 1 aromatic heterocycles. The summed E-state index contributed by atoms with van der Waals surface area (Å²) in [6, 6.07) is 6.12. The topological polar surface area (TPSA) is 151 Å². The number of thiazole rings is 1. The number of hydrogen-bond donors (Lipinski definition) is 2. The Kier molecular flexibility index (Phi) is 8.80. The number of piperazine rings is 1. The third-order valence-electron chi connectivity index (χ3n) is 7.14. The van der Waals surface area contributed by atoms with Gasteiger partial charge in [0.25, 0.3) is 5.91 Å². The molecule has 3 heterocycles. The normalized spacial score (nSPS) is 22.4. The molecule has 0 radical (unpaired) electrons. The van der Waals surface area contributed by atoms with Gasteiger partial charge in [0.15, 0.2) is 26.8 Å². The van der Waals surface area contributed by atoms with Gasteiger partial charge in [0, 0.05) is 55.3 Å². The van der Waals surface area contributed by atoms with E-state index in [-0.39, 0.29) is 33.9 Å². The van der Waals surface area contributed by atoms with Gasteiger partial charge in [0.1, 0.15) is 6.61 Å². The van der Waals surface area contributed by atoms with E-state index in [4.69, 9.17) is 14.7 Å². The van der Waals surface area contributed by atoms with Gasteiger partial charge >= 0.3 is 0 Å². The highest BCUT2D eigenvalue weighted by molar-refractivity contribution is 7.92. The zero-order valence-corrected chi connectivity index (χ0v) is 23.8. The second-order valence-electron chi connectivity index (χ2n) is 10.2. The van der Waals surface area contributed by atoms with E-state index in [2.05, 4.69) is 20.4 Å². The Balaban J connectivity index is 1.26. The van der Waals surface area contributed by atoms with Gasteiger partial charge in [-0.2, -0.15) is 0 Å². The van der Waals surface area contributed by atoms with E-state index in [0.29, 0.717) is 69.4 Å². The largest absolute Gasteiger partial charge is 0.389 e. The minimum absolute atomic E-state index is 0.0116. The van der Waals surface area contributed by atoms with E-state index in [1.807, 2.05) is 6.92 Å². The molecular formula is C26H33N5O7S2. The number of hydrogen-bond acceptors (Lipinski definition) is 11. The van der Waals surface area contributed by atoms with E-state index in [9.17, 15) is 18.0 Å². The molecule has 0 bridgehead atoms. The first-order chi connectivity index (χ1) is 19.2. The number of aliphatic hydroxyl groups excluding tert-OH is 1. The van der Waals surface area contributed by atoms with Crippen LogP contribution in [0.2, 0.25) is 0 Å². The molecular weight excluding hydrogens is 558 g/mol. The summed E-state index contributed by atoms with van der Waals surface area (Å²) in [6.45, 7) is 4.88. The predicted molar refractivity (Wildman–Crippen MR) is 148 cm³/mol. The number of anilines is 1. The monoisotopic (exact) mass is 591 g/mol. The molecule has 40 heavy (non-hydrogen) atoms. The molecule has 2 aliphatic heterocycles. The third-order valence-corrected chi connectivity index (χ3v) is 10.3. The van der Waals surface area contributed by atoms with Crippen molar-refractivity contribution in [3.05, 3.63) is 40.9 Å². The SMILES string of the molecule is C[C@H]1CN(Cc2cnc(NC(=O)/C(=N/O[C@@H]3CCOC3)c3ccc(S(=O)(=O)C4CC4)cc3)s2)CCN1C(=O)CO. The molecule has 2 atom stereocenters. The van der Waals surface area contributed by atoms with Crippen molar-refractivity contribution in [1.29, 1.82) is 0 Å². The predicted octanol–water partition coefficient (Wildman–Crippen LogP) is 1.25. The van der Waals surface area contributed by atoms with Crippen molar-refractivity contribution >= 4 is 43.8 Å². The first-order valence-electron chi connectivity index (χ1n) is 13.3. The fraction of sp³-hybridized carbons (Fsp3) is 0.538. The van der Waals surface area contributed by atoms with Crippen LogP contribution >= 0.6 is 11.3 Å². The molecule has 1 aromatic carbocycles. The highest BCUT2D eigenvalue weighted by Gasteiger charge is 2.37. The van der Waals surface area contributed by atoms with Crippen LogP contribution in [0.15, 0.2) is 40.5 Å². The lowest BCUT2D eigenvalue weighted by Crippen LogP contribution is -2.54. The number of aliphatic hydroxyl groups is 1. The second-order valence-corrected chi connectivity index (χ2v) is 13.6. The van der Waals surface area contributed by atoms with Crippen LogP contribution in [-0.4, -0.2) is 103 Å². The van der Waals surface area contributed by atoms with Crippen LogP contribution < -0.4 is 5.32 Å². The molecule has 1 saturated carbocycles. The lowest BCUT2D eigenvalue weighted by Gasteiger charge is -2.39. The standard InChI is InChI=1S/C26H33N5O7S2/c1-17-13-30(9-10-31(17)23(33)15-32)14-20-12-27-26(39-20)28-25(34)24(29-38-19-8-11-37-16-19)18-2-4-21(5-3-18)40(35,36)22-6-7-22/h2-5,12,17,19,22,32H,6-11,13-16H2,1H3,(H,27,28,34)/b29-24+/t17-,19+/m0/s1. The quantitative estimate of drug-likeness (QED) is 0.307. The number of carbonyl (C=O) groups is 2. The maximum atomic E-state index is 13.3. The molecule has 0 unspecified atom stereocenters. The van der Waals surface area contributed by atoms with Gasteiger partial charge in [-0.25, -0.2) is 13.4 Å². The summed E-state index contributed by atoms with van der Waals surface area (Å²) in [4.78, 5) is 40.2. The molecule has 3 fully saturated rings. The van der Waals surface area contributed by atoms with Crippen LogP contribution in [0.3, 0.4) is 0 Å². The number of amides is 2. The van der Waals surface area contributed by atoms with Crippen LogP contribution in [0.25, 0.3) is 0 Å². The molecule has 3 aliphatic rings. The van der Waals surface area contributed by atoms with E-state index in [1.54, 1.807) is 23.2 Å². The van der Waals surface area contributed by atoms with Crippen molar-refractivity contribution in [1.82, 2.24) is 14.8 Å². The summed E-state index contributed by atoms with van der Waals surface area (Å²) in [7, 11) is -3.36. The summed E-state index contributed by atoms with van der Waals surface area (Å²) < 4.78 is 30.5.